The fourth-order valence-corrected chi connectivity index (χ4v) is 5.16. The number of benzene rings is 1. The summed E-state index contributed by atoms with van der Waals surface area (Å²) in [6.07, 6.45) is 3.31. The van der Waals surface area contributed by atoms with Gasteiger partial charge in [-0.1, -0.05) is 11.6 Å². The quantitative estimate of drug-likeness (QED) is 0.594. The van der Waals surface area contributed by atoms with E-state index >= 15 is 0 Å². The van der Waals surface area contributed by atoms with Gasteiger partial charge in [0.25, 0.3) is 5.91 Å². The van der Waals surface area contributed by atoms with Crippen molar-refractivity contribution in [2.45, 2.75) is 64.6 Å². The van der Waals surface area contributed by atoms with Crippen LogP contribution in [-0.2, 0) is 14.3 Å². The molecule has 3 heterocycles. The first kappa shape index (κ1) is 28.2. The van der Waals surface area contributed by atoms with Crippen LogP contribution in [0.2, 0.25) is 5.02 Å². The van der Waals surface area contributed by atoms with Gasteiger partial charge in [0.2, 0.25) is 5.91 Å². The summed E-state index contributed by atoms with van der Waals surface area (Å²) in [5.74, 6) is -0.0590. The Morgan fingerprint density at radius 1 is 1.00 bits per heavy atom. The van der Waals surface area contributed by atoms with E-state index in [2.05, 4.69) is 5.32 Å². The van der Waals surface area contributed by atoms with Crippen molar-refractivity contribution in [3.05, 3.63) is 28.8 Å². The average Bonchev–Trinajstić information content (AvgIpc) is 2.87. The third-order valence-electron chi connectivity index (χ3n) is 7.10. The van der Waals surface area contributed by atoms with Gasteiger partial charge in [-0.15, -0.1) is 0 Å². The summed E-state index contributed by atoms with van der Waals surface area (Å²) in [5.41, 5.74) is 0.381. The molecule has 3 saturated heterocycles. The Morgan fingerprint density at radius 2 is 1.66 bits per heavy atom. The highest BCUT2D eigenvalue weighted by Crippen LogP contribution is 2.30. The first-order chi connectivity index (χ1) is 18.0. The molecule has 38 heavy (non-hydrogen) atoms. The first-order valence-corrected chi connectivity index (χ1v) is 13.7. The third-order valence-corrected chi connectivity index (χ3v) is 7.42. The molecule has 0 aromatic heterocycles. The Hall–Kier alpha value is -2.85. The predicted octanol–water partition coefficient (Wildman–Crippen LogP) is 4.05. The van der Waals surface area contributed by atoms with Crippen LogP contribution in [0.1, 0.15) is 63.2 Å². The highest BCUT2D eigenvalue weighted by Gasteiger charge is 2.30. The predicted molar refractivity (Wildman–Crippen MR) is 142 cm³/mol. The minimum absolute atomic E-state index is 0.106. The van der Waals surface area contributed by atoms with E-state index in [9.17, 15) is 19.2 Å². The molecule has 208 valence electrons. The Balaban J connectivity index is 1.22. The molecule has 0 bridgehead atoms. The smallest absolute Gasteiger partial charge is 0.410 e. The van der Waals surface area contributed by atoms with Crippen molar-refractivity contribution in [3.63, 3.8) is 0 Å². The Labute approximate surface area is 228 Å². The van der Waals surface area contributed by atoms with Crippen molar-refractivity contribution in [3.8, 4) is 0 Å². The lowest BCUT2D eigenvalue weighted by Gasteiger charge is -2.35. The molecular formula is C27H37ClN4O6. The van der Waals surface area contributed by atoms with E-state index in [4.69, 9.17) is 21.1 Å². The molecule has 1 aromatic rings. The van der Waals surface area contributed by atoms with Crippen molar-refractivity contribution in [2.75, 3.05) is 44.2 Å². The van der Waals surface area contributed by atoms with Crippen LogP contribution in [0.15, 0.2) is 18.2 Å². The SMILES string of the molecule is CC(C)(C)OC(=O)N1CCC(OCC2CCN(C(=O)c3ccc(Cl)c(N4CCC(=O)NC4=O)c3)CC2)CC1. The van der Waals surface area contributed by atoms with Gasteiger partial charge in [0.05, 0.1) is 16.8 Å². The maximum absolute atomic E-state index is 13.2. The van der Waals surface area contributed by atoms with Crippen LogP contribution in [-0.4, -0.2) is 84.8 Å². The minimum Gasteiger partial charge on any atom is -0.444 e. The highest BCUT2D eigenvalue weighted by molar-refractivity contribution is 6.34. The topological polar surface area (TPSA) is 108 Å². The van der Waals surface area contributed by atoms with Crippen LogP contribution < -0.4 is 10.2 Å². The molecule has 0 atom stereocenters. The number of piperidine rings is 2. The van der Waals surface area contributed by atoms with Gasteiger partial charge in [0.1, 0.15) is 5.60 Å². The maximum atomic E-state index is 13.2. The molecule has 4 rings (SSSR count). The van der Waals surface area contributed by atoms with Gasteiger partial charge in [-0.25, -0.2) is 9.59 Å². The molecule has 0 aliphatic carbocycles. The number of carbonyl (C=O) groups excluding carboxylic acids is 4. The standard InChI is InChI=1S/C27H37ClN4O6/c1-27(2,3)38-26(36)31-13-8-20(9-14-31)37-17-18-6-11-30(12-7-18)24(34)19-4-5-21(28)22(16-19)32-15-10-23(33)29-25(32)35/h4-5,16,18,20H,6-15,17H2,1-3H3,(H,29,33,35). The monoisotopic (exact) mass is 548 g/mol. The summed E-state index contributed by atoms with van der Waals surface area (Å²) in [4.78, 5) is 54.1. The van der Waals surface area contributed by atoms with Crippen molar-refractivity contribution in [1.29, 1.82) is 0 Å². The minimum atomic E-state index is -0.538. The number of amides is 5. The second-order valence-corrected chi connectivity index (χ2v) is 11.6. The van der Waals surface area contributed by atoms with Crippen LogP contribution in [0.3, 0.4) is 0 Å². The van der Waals surface area contributed by atoms with Crippen LogP contribution in [0, 0.1) is 5.92 Å². The van der Waals surface area contributed by atoms with Crippen molar-refractivity contribution < 1.29 is 28.7 Å². The van der Waals surface area contributed by atoms with Gasteiger partial charge in [0.15, 0.2) is 0 Å². The number of likely N-dealkylation sites (tertiary alicyclic amines) is 2. The summed E-state index contributed by atoms with van der Waals surface area (Å²) >= 11 is 6.32. The number of carbonyl (C=O) groups is 4. The lowest BCUT2D eigenvalue weighted by molar-refractivity contribution is -0.120. The second kappa shape index (κ2) is 11.9. The number of ether oxygens (including phenoxy) is 2. The van der Waals surface area contributed by atoms with Crippen LogP contribution in [0.5, 0.6) is 0 Å². The van der Waals surface area contributed by atoms with Crippen molar-refractivity contribution in [1.82, 2.24) is 15.1 Å². The average molecular weight is 549 g/mol. The van der Waals surface area contributed by atoms with Crippen molar-refractivity contribution >= 4 is 41.2 Å². The van der Waals surface area contributed by atoms with Crippen molar-refractivity contribution in [2.24, 2.45) is 5.92 Å². The largest absolute Gasteiger partial charge is 0.444 e. The first-order valence-electron chi connectivity index (χ1n) is 13.3. The number of hydrogen-bond acceptors (Lipinski definition) is 6. The van der Waals surface area contributed by atoms with Gasteiger partial charge < -0.3 is 19.3 Å². The molecule has 0 unspecified atom stereocenters. The zero-order valence-corrected chi connectivity index (χ0v) is 23.1. The fourth-order valence-electron chi connectivity index (χ4n) is 4.94. The fraction of sp³-hybridized carbons (Fsp3) is 0.630. The molecule has 1 N–H and O–H groups in total. The van der Waals surface area contributed by atoms with E-state index in [0.717, 1.165) is 25.7 Å². The number of anilines is 1. The molecule has 0 saturated carbocycles. The van der Waals surface area contributed by atoms with E-state index in [1.54, 1.807) is 23.1 Å². The molecule has 1 aromatic carbocycles. The summed E-state index contributed by atoms with van der Waals surface area (Å²) < 4.78 is 11.6. The van der Waals surface area contributed by atoms with Gasteiger partial charge in [-0.3, -0.25) is 19.8 Å². The third kappa shape index (κ3) is 7.17. The van der Waals surface area contributed by atoms with E-state index in [-0.39, 0.29) is 37.0 Å². The number of rotatable bonds is 5. The molecule has 3 fully saturated rings. The van der Waals surface area contributed by atoms with Crippen LogP contribution in [0.25, 0.3) is 0 Å². The molecule has 0 spiro atoms. The number of nitrogens with zero attached hydrogens (tertiary/aromatic N) is 3. The number of nitrogens with one attached hydrogen (secondary N) is 1. The zero-order valence-electron chi connectivity index (χ0n) is 22.3. The summed E-state index contributed by atoms with van der Waals surface area (Å²) in [7, 11) is 0. The Bertz CT molecular complexity index is 1060. The summed E-state index contributed by atoms with van der Waals surface area (Å²) in [6, 6.07) is 4.37. The van der Waals surface area contributed by atoms with E-state index in [1.165, 1.54) is 4.90 Å². The Morgan fingerprint density at radius 3 is 2.29 bits per heavy atom. The van der Waals surface area contributed by atoms with Crippen LogP contribution >= 0.6 is 11.6 Å². The number of urea groups is 1. The molecule has 3 aliphatic heterocycles. The van der Waals surface area contributed by atoms with Gasteiger partial charge in [0, 0.05) is 51.3 Å². The zero-order chi connectivity index (χ0) is 27.4. The molecular weight excluding hydrogens is 512 g/mol. The number of imide groups is 1. The molecule has 11 heteroatoms. The molecule has 3 aliphatic rings. The van der Waals surface area contributed by atoms with E-state index in [1.807, 2.05) is 25.7 Å². The Kier molecular flexibility index (Phi) is 8.82. The molecule has 5 amide bonds. The summed E-state index contributed by atoms with van der Waals surface area (Å²) in [5, 5.41) is 2.63. The van der Waals surface area contributed by atoms with Gasteiger partial charge in [-0.05, 0) is 70.6 Å². The lowest BCUT2D eigenvalue weighted by Crippen LogP contribution is -2.49. The molecule has 10 nitrogen and oxygen atoms in total. The lowest BCUT2D eigenvalue weighted by atomic mass is 9.97. The maximum Gasteiger partial charge on any atom is 0.410 e. The van der Waals surface area contributed by atoms with E-state index < -0.39 is 11.6 Å². The normalized spacial score (nSPS) is 19.9. The number of halogens is 1. The highest BCUT2D eigenvalue weighted by atomic mass is 35.5. The van der Waals surface area contributed by atoms with Crippen LogP contribution in [0.4, 0.5) is 15.3 Å². The molecule has 0 radical (unpaired) electrons. The van der Waals surface area contributed by atoms with Gasteiger partial charge in [-0.2, -0.15) is 0 Å². The van der Waals surface area contributed by atoms with E-state index in [0.29, 0.717) is 55.0 Å². The number of hydrogen-bond donors (Lipinski definition) is 1. The summed E-state index contributed by atoms with van der Waals surface area (Å²) in [6.45, 7) is 8.97. The van der Waals surface area contributed by atoms with Gasteiger partial charge >= 0.3 is 12.1 Å². The second-order valence-electron chi connectivity index (χ2n) is 11.2.